The van der Waals surface area contributed by atoms with Crippen molar-refractivity contribution in [2.24, 2.45) is 0 Å². The smallest absolute Gasteiger partial charge is 0.312 e. The van der Waals surface area contributed by atoms with E-state index in [2.05, 4.69) is 9.72 Å². The maximum atomic E-state index is 12.6. The van der Waals surface area contributed by atoms with Crippen LogP contribution in [0, 0.1) is 10.1 Å². The van der Waals surface area contributed by atoms with Crippen LogP contribution in [0.4, 0.5) is 14.5 Å². The van der Waals surface area contributed by atoms with E-state index in [9.17, 15) is 23.7 Å². The van der Waals surface area contributed by atoms with Gasteiger partial charge in [0.15, 0.2) is 0 Å². The number of halogens is 2. The lowest BCUT2D eigenvalue weighted by Crippen LogP contribution is -2.12. The molecular weight excluding hydrogens is 250 g/mol. The maximum Gasteiger partial charge on any atom is 0.312 e. The number of carbonyl (C=O) groups is 1. The first-order valence-corrected chi connectivity index (χ1v) is 5.03. The van der Waals surface area contributed by atoms with Gasteiger partial charge in [-0.3, -0.25) is 19.9 Å². The molecule has 0 aromatic carbocycles. The molecule has 0 amide bonds. The van der Waals surface area contributed by atoms with Gasteiger partial charge in [-0.05, 0) is 13.0 Å². The first-order chi connectivity index (χ1) is 8.47. The molecule has 0 bridgehead atoms. The van der Waals surface area contributed by atoms with Crippen molar-refractivity contribution in [3.8, 4) is 0 Å². The van der Waals surface area contributed by atoms with Crippen LogP contribution in [0.5, 0.6) is 0 Å². The lowest BCUT2D eigenvalue weighted by Gasteiger charge is -2.06. The van der Waals surface area contributed by atoms with Gasteiger partial charge in [0, 0.05) is 6.20 Å². The van der Waals surface area contributed by atoms with Gasteiger partial charge < -0.3 is 4.74 Å². The predicted octanol–water partition coefficient (Wildman–Crippen LogP) is 2.03. The number of alkyl halides is 2. The normalized spacial score (nSPS) is 10.4. The number of pyridine rings is 1. The van der Waals surface area contributed by atoms with Gasteiger partial charge in [-0.25, -0.2) is 8.78 Å². The molecule has 1 rings (SSSR count). The molecule has 0 unspecified atom stereocenters. The molecule has 0 fully saturated rings. The van der Waals surface area contributed by atoms with Gasteiger partial charge in [-0.1, -0.05) is 0 Å². The molecule has 0 spiro atoms. The molecule has 0 saturated carbocycles. The third-order valence-corrected chi connectivity index (χ3v) is 2.07. The number of aromatic nitrogens is 1. The van der Waals surface area contributed by atoms with Crippen molar-refractivity contribution in [2.75, 3.05) is 6.61 Å². The van der Waals surface area contributed by atoms with Crippen molar-refractivity contribution in [2.45, 2.75) is 19.8 Å². The summed E-state index contributed by atoms with van der Waals surface area (Å²) in [7, 11) is 0. The molecule has 1 aromatic heterocycles. The number of nitro groups is 1. The lowest BCUT2D eigenvalue weighted by atomic mass is 10.1. The quantitative estimate of drug-likeness (QED) is 0.459. The Hall–Kier alpha value is -2.12. The third-order valence-electron chi connectivity index (χ3n) is 2.07. The van der Waals surface area contributed by atoms with Gasteiger partial charge in [-0.2, -0.15) is 0 Å². The first kappa shape index (κ1) is 13.9. The lowest BCUT2D eigenvalue weighted by molar-refractivity contribution is -0.387. The molecular formula is C10H10F2N2O4. The van der Waals surface area contributed by atoms with Gasteiger partial charge in [0.25, 0.3) is 12.1 Å². The minimum absolute atomic E-state index is 0.0984. The summed E-state index contributed by atoms with van der Waals surface area (Å²) in [5, 5.41) is 10.8. The van der Waals surface area contributed by atoms with E-state index >= 15 is 0 Å². The molecule has 0 aliphatic carbocycles. The van der Waals surface area contributed by atoms with Crippen molar-refractivity contribution < 1.29 is 23.2 Å². The summed E-state index contributed by atoms with van der Waals surface area (Å²) in [4.78, 5) is 24.6. The molecule has 6 nitrogen and oxygen atoms in total. The Morgan fingerprint density at radius 1 is 1.61 bits per heavy atom. The van der Waals surface area contributed by atoms with Crippen molar-refractivity contribution in [1.29, 1.82) is 0 Å². The fourth-order valence-electron chi connectivity index (χ4n) is 1.38. The minimum atomic E-state index is -3.01. The summed E-state index contributed by atoms with van der Waals surface area (Å²) in [6, 6.07) is 0.859. The first-order valence-electron chi connectivity index (χ1n) is 5.03. The fraction of sp³-hybridized carbons (Fsp3) is 0.400. The van der Waals surface area contributed by atoms with E-state index in [0.717, 1.165) is 12.3 Å². The second kappa shape index (κ2) is 5.99. The minimum Gasteiger partial charge on any atom is -0.466 e. The van der Waals surface area contributed by atoms with Gasteiger partial charge in [0.2, 0.25) is 0 Å². The number of nitrogens with zero attached hydrogens (tertiary/aromatic N) is 2. The summed E-state index contributed by atoms with van der Waals surface area (Å²) in [5.41, 5.74) is -1.91. The fourth-order valence-corrected chi connectivity index (χ4v) is 1.38. The molecule has 0 saturated heterocycles. The standard InChI is InChI=1S/C10H10F2N2O4/c1-2-18-8(15)5-7-9(14(16)17)6(10(11)12)3-4-13-7/h3-4,10H,2,5H2,1H3. The Labute approximate surface area is 101 Å². The maximum absolute atomic E-state index is 12.6. The zero-order valence-electron chi connectivity index (χ0n) is 9.43. The molecule has 0 radical (unpaired) electrons. The summed E-state index contributed by atoms with van der Waals surface area (Å²) in [5.74, 6) is -0.750. The Kier molecular flexibility index (Phi) is 4.64. The number of ether oxygens (including phenoxy) is 1. The van der Waals surface area contributed by atoms with Crippen molar-refractivity contribution >= 4 is 11.7 Å². The second-order valence-electron chi connectivity index (χ2n) is 3.24. The van der Waals surface area contributed by atoms with Crippen LogP contribution in [-0.2, 0) is 16.0 Å². The Morgan fingerprint density at radius 2 is 2.28 bits per heavy atom. The zero-order chi connectivity index (χ0) is 13.7. The molecule has 0 atom stereocenters. The summed E-state index contributed by atoms with van der Waals surface area (Å²) in [6.07, 6.45) is -2.51. The molecule has 0 aliphatic heterocycles. The summed E-state index contributed by atoms with van der Waals surface area (Å²) >= 11 is 0. The number of carbonyl (C=O) groups excluding carboxylic acids is 1. The number of hydrogen-bond donors (Lipinski definition) is 0. The second-order valence-corrected chi connectivity index (χ2v) is 3.24. The molecule has 0 N–H and O–H groups in total. The average Bonchev–Trinajstić information content (AvgIpc) is 2.28. The topological polar surface area (TPSA) is 82.3 Å². The van der Waals surface area contributed by atoms with Gasteiger partial charge in [-0.15, -0.1) is 0 Å². The largest absolute Gasteiger partial charge is 0.466 e. The average molecular weight is 260 g/mol. The van der Waals surface area contributed by atoms with Crippen LogP contribution in [0.1, 0.15) is 24.6 Å². The number of hydrogen-bond acceptors (Lipinski definition) is 5. The van der Waals surface area contributed by atoms with Crippen molar-refractivity contribution in [3.63, 3.8) is 0 Å². The number of esters is 1. The Morgan fingerprint density at radius 3 is 2.78 bits per heavy atom. The van der Waals surface area contributed by atoms with Gasteiger partial charge in [0.1, 0.15) is 5.69 Å². The van der Waals surface area contributed by atoms with E-state index in [4.69, 9.17) is 0 Å². The third kappa shape index (κ3) is 3.19. The summed E-state index contributed by atoms with van der Waals surface area (Å²) in [6.45, 7) is 1.66. The van der Waals surface area contributed by atoms with E-state index in [1.165, 1.54) is 0 Å². The van der Waals surface area contributed by atoms with Gasteiger partial charge in [0.05, 0.1) is 23.5 Å². The van der Waals surface area contributed by atoms with Crippen LogP contribution in [-0.4, -0.2) is 22.5 Å². The molecule has 1 aromatic rings. The molecule has 98 valence electrons. The molecule has 8 heteroatoms. The highest BCUT2D eigenvalue weighted by atomic mass is 19.3. The monoisotopic (exact) mass is 260 g/mol. The predicted molar refractivity (Wildman–Crippen MR) is 56.2 cm³/mol. The van der Waals surface area contributed by atoms with Gasteiger partial charge >= 0.3 is 5.97 Å². The molecule has 18 heavy (non-hydrogen) atoms. The van der Waals surface area contributed by atoms with Crippen LogP contribution in [0.25, 0.3) is 0 Å². The van der Waals surface area contributed by atoms with E-state index in [1.54, 1.807) is 6.92 Å². The van der Waals surface area contributed by atoms with E-state index in [0.29, 0.717) is 0 Å². The molecule has 0 aliphatic rings. The SMILES string of the molecule is CCOC(=O)Cc1nccc(C(F)F)c1[N+](=O)[O-]. The van der Waals surface area contributed by atoms with Crippen LogP contribution in [0.3, 0.4) is 0 Å². The van der Waals surface area contributed by atoms with E-state index in [1.807, 2.05) is 0 Å². The van der Waals surface area contributed by atoms with Crippen LogP contribution in [0.2, 0.25) is 0 Å². The van der Waals surface area contributed by atoms with Crippen LogP contribution in [0.15, 0.2) is 12.3 Å². The van der Waals surface area contributed by atoms with E-state index in [-0.39, 0.29) is 12.3 Å². The van der Waals surface area contributed by atoms with Crippen molar-refractivity contribution in [1.82, 2.24) is 4.98 Å². The Balaban J connectivity index is 3.15. The highest BCUT2D eigenvalue weighted by Crippen LogP contribution is 2.30. The molecule has 1 heterocycles. The van der Waals surface area contributed by atoms with Crippen LogP contribution < -0.4 is 0 Å². The summed E-state index contributed by atoms with van der Waals surface area (Å²) < 4.78 is 29.8. The van der Waals surface area contributed by atoms with Crippen molar-refractivity contribution in [3.05, 3.63) is 33.6 Å². The highest BCUT2D eigenvalue weighted by molar-refractivity contribution is 5.73. The Bertz CT molecular complexity index is 465. The van der Waals surface area contributed by atoms with Crippen LogP contribution >= 0.6 is 0 Å². The zero-order valence-corrected chi connectivity index (χ0v) is 9.43. The highest BCUT2D eigenvalue weighted by Gasteiger charge is 2.27. The number of rotatable bonds is 5. The van der Waals surface area contributed by atoms with E-state index < -0.39 is 35.0 Å².